The molecule has 0 N–H and O–H groups in total. The van der Waals surface area contributed by atoms with Crippen LogP contribution in [-0.4, -0.2) is 4.57 Å². The van der Waals surface area contributed by atoms with Crippen molar-refractivity contribution in [2.75, 3.05) is 0 Å². The molecule has 10 rings (SSSR count). The number of para-hydroxylation sites is 1. The molecule has 0 atom stereocenters. The molecule has 0 spiro atoms. The standard InChI is InChI=1S/C44H27NO/c1-2-8-31-23-34(18-17-28(31)7-1)29-13-15-30(16-14-29)35-19-21-42-38(24-35)37-11-5-6-12-41(37)45(42)36-20-22-43-40(27-36)39-25-32-9-3-4-10-33(32)26-44(39)46-43/h1-27H. The Bertz CT molecular complexity index is 2800. The Morgan fingerprint density at radius 1 is 0.326 bits per heavy atom. The van der Waals surface area contributed by atoms with E-state index in [9.17, 15) is 0 Å². The van der Waals surface area contributed by atoms with Crippen molar-refractivity contribution in [3.05, 3.63) is 164 Å². The van der Waals surface area contributed by atoms with Crippen molar-refractivity contribution < 1.29 is 4.42 Å². The fourth-order valence-corrected chi connectivity index (χ4v) is 7.24. The molecule has 0 bridgehead atoms. The summed E-state index contributed by atoms with van der Waals surface area (Å²) in [5.41, 5.74) is 10.2. The van der Waals surface area contributed by atoms with E-state index in [1.807, 2.05) is 0 Å². The van der Waals surface area contributed by atoms with Gasteiger partial charge in [0.05, 0.1) is 11.0 Å². The summed E-state index contributed by atoms with van der Waals surface area (Å²) in [4.78, 5) is 0. The van der Waals surface area contributed by atoms with Crippen LogP contribution in [0.15, 0.2) is 168 Å². The van der Waals surface area contributed by atoms with Gasteiger partial charge in [0.1, 0.15) is 11.2 Å². The van der Waals surface area contributed by atoms with Crippen molar-refractivity contribution >= 4 is 65.3 Å². The van der Waals surface area contributed by atoms with Gasteiger partial charge in [-0.2, -0.15) is 0 Å². The molecule has 0 aliphatic carbocycles. The molecule has 8 aromatic carbocycles. The molecule has 10 aromatic rings. The second-order valence-corrected chi connectivity index (χ2v) is 12.2. The van der Waals surface area contributed by atoms with E-state index in [-0.39, 0.29) is 0 Å². The van der Waals surface area contributed by atoms with Crippen LogP contribution in [0.3, 0.4) is 0 Å². The minimum Gasteiger partial charge on any atom is -0.456 e. The van der Waals surface area contributed by atoms with Crippen molar-refractivity contribution in [3.8, 4) is 27.9 Å². The minimum absolute atomic E-state index is 0.907. The first kappa shape index (κ1) is 25.2. The van der Waals surface area contributed by atoms with E-state index in [0.29, 0.717) is 0 Å². The van der Waals surface area contributed by atoms with Crippen LogP contribution in [0, 0.1) is 0 Å². The number of hydrogen-bond donors (Lipinski definition) is 0. The SMILES string of the molecule is c1ccc2cc(-c3ccc(-c4ccc5c(c4)c4ccccc4n5-c4ccc5oc6cc7ccccc7cc6c5c4)cc3)ccc2c1. The van der Waals surface area contributed by atoms with Gasteiger partial charge in [-0.05, 0) is 98.4 Å². The highest BCUT2D eigenvalue weighted by molar-refractivity contribution is 6.13. The van der Waals surface area contributed by atoms with E-state index >= 15 is 0 Å². The second-order valence-electron chi connectivity index (χ2n) is 12.2. The fourth-order valence-electron chi connectivity index (χ4n) is 7.24. The molecule has 2 aromatic heterocycles. The van der Waals surface area contributed by atoms with Gasteiger partial charge < -0.3 is 8.98 Å². The van der Waals surface area contributed by atoms with Gasteiger partial charge >= 0.3 is 0 Å². The van der Waals surface area contributed by atoms with E-state index in [1.165, 1.54) is 65.6 Å². The summed E-state index contributed by atoms with van der Waals surface area (Å²) in [7, 11) is 0. The predicted octanol–water partition coefficient (Wildman–Crippen LogP) is 12.3. The zero-order valence-corrected chi connectivity index (χ0v) is 24.9. The average molecular weight is 586 g/mol. The van der Waals surface area contributed by atoms with Crippen molar-refractivity contribution in [1.82, 2.24) is 4.57 Å². The number of nitrogens with zero attached hydrogens (tertiary/aromatic N) is 1. The smallest absolute Gasteiger partial charge is 0.136 e. The van der Waals surface area contributed by atoms with Crippen LogP contribution in [0.1, 0.15) is 0 Å². The lowest BCUT2D eigenvalue weighted by molar-refractivity contribution is 0.669. The molecular formula is C44H27NO. The van der Waals surface area contributed by atoms with Crippen LogP contribution in [0.4, 0.5) is 0 Å². The minimum atomic E-state index is 0.907. The van der Waals surface area contributed by atoms with Crippen LogP contribution in [0.2, 0.25) is 0 Å². The molecule has 46 heavy (non-hydrogen) atoms. The molecule has 0 saturated carbocycles. The number of fused-ring (bicyclic) bond motifs is 8. The van der Waals surface area contributed by atoms with Gasteiger partial charge in [0.2, 0.25) is 0 Å². The first-order chi connectivity index (χ1) is 22.8. The van der Waals surface area contributed by atoms with E-state index in [1.54, 1.807) is 0 Å². The largest absolute Gasteiger partial charge is 0.456 e. The Morgan fingerprint density at radius 3 is 1.72 bits per heavy atom. The third kappa shape index (κ3) is 3.84. The normalized spacial score (nSPS) is 11.9. The van der Waals surface area contributed by atoms with Gasteiger partial charge in [0.15, 0.2) is 0 Å². The summed E-state index contributed by atoms with van der Waals surface area (Å²) in [6, 6.07) is 59.2. The third-order valence-electron chi connectivity index (χ3n) is 9.55. The van der Waals surface area contributed by atoms with Crippen LogP contribution in [0.25, 0.3) is 93.2 Å². The molecule has 0 unspecified atom stereocenters. The Labute approximate surface area is 265 Å². The Morgan fingerprint density at radius 2 is 0.913 bits per heavy atom. The van der Waals surface area contributed by atoms with Gasteiger partial charge in [-0.25, -0.2) is 0 Å². The quantitative estimate of drug-likeness (QED) is 0.202. The lowest BCUT2D eigenvalue weighted by Crippen LogP contribution is -1.93. The molecule has 0 amide bonds. The molecule has 0 radical (unpaired) electrons. The van der Waals surface area contributed by atoms with Crippen molar-refractivity contribution in [2.24, 2.45) is 0 Å². The van der Waals surface area contributed by atoms with Crippen molar-refractivity contribution in [3.63, 3.8) is 0 Å². The lowest BCUT2D eigenvalue weighted by atomic mass is 9.97. The molecular weight excluding hydrogens is 558 g/mol. The number of aromatic nitrogens is 1. The summed E-state index contributed by atoms with van der Waals surface area (Å²) in [5.74, 6) is 0. The molecule has 2 nitrogen and oxygen atoms in total. The predicted molar refractivity (Wildman–Crippen MR) is 194 cm³/mol. The Hall–Kier alpha value is -6.12. The molecule has 0 aliphatic rings. The van der Waals surface area contributed by atoms with Gasteiger partial charge in [-0.15, -0.1) is 0 Å². The summed E-state index contributed by atoms with van der Waals surface area (Å²) in [6.45, 7) is 0. The monoisotopic (exact) mass is 585 g/mol. The first-order valence-corrected chi connectivity index (χ1v) is 15.8. The molecule has 0 saturated heterocycles. The Kier molecular flexibility index (Phi) is 5.31. The maximum absolute atomic E-state index is 6.32. The van der Waals surface area contributed by atoms with E-state index in [0.717, 1.165) is 27.6 Å². The summed E-state index contributed by atoms with van der Waals surface area (Å²) >= 11 is 0. The number of benzene rings is 8. The summed E-state index contributed by atoms with van der Waals surface area (Å²) in [5, 5.41) is 9.71. The van der Waals surface area contributed by atoms with E-state index < -0.39 is 0 Å². The zero-order valence-electron chi connectivity index (χ0n) is 24.9. The molecule has 0 aliphatic heterocycles. The number of rotatable bonds is 3. The first-order valence-electron chi connectivity index (χ1n) is 15.8. The summed E-state index contributed by atoms with van der Waals surface area (Å²) in [6.07, 6.45) is 0. The Balaban J connectivity index is 1.09. The van der Waals surface area contributed by atoms with Gasteiger partial charge in [0.25, 0.3) is 0 Å². The fraction of sp³-hybridized carbons (Fsp3) is 0. The highest BCUT2D eigenvalue weighted by atomic mass is 16.3. The highest BCUT2D eigenvalue weighted by Crippen LogP contribution is 2.38. The lowest BCUT2D eigenvalue weighted by Gasteiger charge is -2.09. The third-order valence-corrected chi connectivity index (χ3v) is 9.55. The second kappa shape index (κ2) is 9.69. The molecule has 0 fully saturated rings. The maximum atomic E-state index is 6.32. The number of hydrogen-bond acceptors (Lipinski definition) is 1. The zero-order chi connectivity index (χ0) is 30.2. The number of furan rings is 1. The topological polar surface area (TPSA) is 18.1 Å². The van der Waals surface area contributed by atoms with Crippen LogP contribution >= 0.6 is 0 Å². The van der Waals surface area contributed by atoms with E-state index in [4.69, 9.17) is 4.42 Å². The van der Waals surface area contributed by atoms with Crippen molar-refractivity contribution in [1.29, 1.82) is 0 Å². The average Bonchev–Trinajstić information content (AvgIpc) is 3.64. The summed E-state index contributed by atoms with van der Waals surface area (Å²) < 4.78 is 8.70. The molecule has 2 heteroatoms. The van der Waals surface area contributed by atoms with Gasteiger partial charge in [0, 0.05) is 27.2 Å². The van der Waals surface area contributed by atoms with Crippen LogP contribution < -0.4 is 0 Å². The van der Waals surface area contributed by atoms with Crippen molar-refractivity contribution in [2.45, 2.75) is 0 Å². The maximum Gasteiger partial charge on any atom is 0.136 e. The van der Waals surface area contributed by atoms with Crippen LogP contribution in [-0.2, 0) is 0 Å². The van der Waals surface area contributed by atoms with Crippen LogP contribution in [0.5, 0.6) is 0 Å². The molecule has 2 heterocycles. The van der Waals surface area contributed by atoms with Gasteiger partial charge in [-0.1, -0.05) is 109 Å². The highest BCUT2D eigenvalue weighted by Gasteiger charge is 2.16. The molecule has 214 valence electrons. The van der Waals surface area contributed by atoms with E-state index in [2.05, 4.69) is 168 Å². The van der Waals surface area contributed by atoms with Gasteiger partial charge in [-0.3, -0.25) is 0 Å².